The third kappa shape index (κ3) is 7.21. The molecule has 0 aliphatic rings. The van der Waals surface area contributed by atoms with E-state index in [2.05, 4.69) is 15.3 Å². The minimum atomic E-state index is -1.33. The number of aromatic nitrogens is 2. The maximum atomic E-state index is 12.8. The SMILES string of the molecule is CCOC(=O)Cc1csc(NC(=O)c2cc(OC(C)C)nc(OC(CF)CF)c2)n1. The summed E-state index contributed by atoms with van der Waals surface area (Å²) >= 11 is 1.14. The lowest BCUT2D eigenvalue weighted by molar-refractivity contribution is -0.142. The zero-order valence-corrected chi connectivity index (χ0v) is 17.6. The maximum Gasteiger partial charge on any atom is 0.311 e. The van der Waals surface area contributed by atoms with E-state index in [1.165, 1.54) is 12.1 Å². The van der Waals surface area contributed by atoms with Crippen molar-refractivity contribution in [3.63, 3.8) is 0 Å². The van der Waals surface area contributed by atoms with Gasteiger partial charge in [0.1, 0.15) is 13.3 Å². The number of nitrogens with one attached hydrogen (secondary N) is 1. The van der Waals surface area contributed by atoms with Gasteiger partial charge in [0.25, 0.3) is 5.91 Å². The van der Waals surface area contributed by atoms with Gasteiger partial charge < -0.3 is 14.2 Å². The van der Waals surface area contributed by atoms with Crippen molar-refractivity contribution in [2.24, 2.45) is 0 Å². The van der Waals surface area contributed by atoms with Gasteiger partial charge in [-0.15, -0.1) is 11.3 Å². The topological polar surface area (TPSA) is 99.6 Å². The highest BCUT2D eigenvalue weighted by molar-refractivity contribution is 7.14. The first-order valence-corrected chi connectivity index (χ1v) is 10.1. The molecular formula is C19H23F2N3O5S. The number of hydrogen-bond donors (Lipinski definition) is 1. The molecule has 164 valence electrons. The number of rotatable bonds is 11. The Hall–Kier alpha value is -2.82. The van der Waals surface area contributed by atoms with Gasteiger partial charge in [0, 0.05) is 17.5 Å². The van der Waals surface area contributed by atoms with Crippen LogP contribution in [0.1, 0.15) is 36.8 Å². The number of halogens is 2. The van der Waals surface area contributed by atoms with Gasteiger partial charge in [0.2, 0.25) is 11.8 Å². The van der Waals surface area contributed by atoms with Crippen molar-refractivity contribution >= 4 is 28.3 Å². The molecule has 0 saturated carbocycles. The number of hydrogen-bond acceptors (Lipinski definition) is 8. The zero-order valence-electron chi connectivity index (χ0n) is 16.8. The van der Waals surface area contributed by atoms with E-state index in [1.807, 2.05) is 0 Å². The first-order valence-electron chi connectivity index (χ1n) is 9.23. The first-order chi connectivity index (χ1) is 14.3. The van der Waals surface area contributed by atoms with Crippen LogP contribution in [0, 0.1) is 0 Å². The Morgan fingerprint density at radius 1 is 1.13 bits per heavy atom. The third-order valence-electron chi connectivity index (χ3n) is 3.43. The fourth-order valence-corrected chi connectivity index (χ4v) is 2.93. The molecule has 11 heteroatoms. The van der Waals surface area contributed by atoms with Crippen LogP contribution in [0.3, 0.4) is 0 Å². The molecule has 2 aromatic rings. The average Bonchev–Trinajstić information content (AvgIpc) is 3.12. The highest BCUT2D eigenvalue weighted by atomic mass is 32.1. The van der Waals surface area contributed by atoms with E-state index in [4.69, 9.17) is 14.2 Å². The van der Waals surface area contributed by atoms with Crippen LogP contribution >= 0.6 is 11.3 Å². The number of thiazole rings is 1. The van der Waals surface area contributed by atoms with Crippen LogP contribution in [-0.2, 0) is 16.0 Å². The molecule has 0 bridgehead atoms. The van der Waals surface area contributed by atoms with Crippen molar-refractivity contribution in [2.75, 3.05) is 25.3 Å². The minimum Gasteiger partial charge on any atom is -0.475 e. The molecule has 1 N–H and O–H groups in total. The summed E-state index contributed by atoms with van der Waals surface area (Å²) in [5, 5.41) is 4.51. The number of pyridine rings is 1. The molecule has 0 fully saturated rings. The molecule has 0 spiro atoms. The zero-order chi connectivity index (χ0) is 22.1. The van der Waals surface area contributed by atoms with Gasteiger partial charge in [0.05, 0.1) is 30.4 Å². The lowest BCUT2D eigenvalue weighted by Gasteiger charge is -2.15. The second-order valence-corrected chi connectivity index (χ2v) is 7.19. The van der Waals surface area contributed by atoms with Crippen LogP contribution in [0.2, 0.25) is 0 Å². The standard InChI is InChI=1S/C19H23F2N3O5S/c1-4-27-17(25)7-13-10-30-19(22-13)24-18(26)12-5-15(28-11(2)3)23-16(6-12)29-14(8-20)9-21/h5-6,10-11,14H,4,7-9H2,1-3H3,(H,22,24,26). The van der Waals surface area contributed by atoms with Gasteiger partial charge >= 0.3 is 5.97 Å². The predicted molar refractivity (Wildman–Crippen MR) is 107 cm³/mol. The number of amides is 1. The van der Waals surface area contributed by atoms with Crippen molar-refractivity contribution in [1.29, 1.82) is 0 Å². The fourth-order valence-electron chi connectivity index (χ4n) is 2.22. The van der Waals surface area contributed by atoms with Crippen molar-refractivity contribution in [1.82, 2.24) is 9.97 Å². The molecule has 8 nitrogen and oxygen atoms in total. The number of nitrogens with zero attached hydrogens (tertiary/aromatic N) is 2. The Balaban J connectivity index is 2.17. The van der Waals surface area contributed by atoms with Gasteiger partial charge in [-0.2, -0.15) is 4.98 Å². The van der Waals surface area contributed by atoms with E-state index in [-0.39, 0.29) is 41.6 Å². The van der Waals surface area contributed by atoms with E-state index >= 15 is 0 Å². The van der Waals surface area contributed by atoms with E-state index in [9.17, 15) is 18.4 Å². The minimum absolute atomic E-state index is 0.00627. The third-order valence-corrected chi connectivity index (χ3v) is 4.24. The monoisotopic (exact) mass is 443 g/mol. The molecule has 0 radical (unpaired) electrons. The lowest BCUT2D eigenvalue weighted by atomic mass is 10.2. The largest absolute Gasteiger partial charge is 0.475 e. The molecule has 2 rings (SSSR count). The molecule has 2 heterocycles. The number of carbonyl (C=O) groups excluding carboxylic acids is 2. The first kappa shape index (κ1) is 23.5. The quantitative estimate of drug-likeness (QED) is 0.532. The normalized spacial score (nSPS) is 10.9. The molecule has 30 heavy (non-hydrogen) atoms. The molecule has 0 atom stereocenters. The van der Waals surface area contributed by atoms with E-state index < -0.39 is 31.3 Å². The number of alkyl halides is 2. The van der Waals surface area contributed by atoms with Crippen LogP contribution in [0.4, 0.5) is 13.9 Å². The summed E-state index contributed by atoms with van der Waals surface area (Å²) in [6.07, 6.45) is -1.58. The highest BCUT2D eigenvalue weighted by Gasteiger charge is 2.17. The van der Waals surface area contributed by atoms with Crippen LogP contribution in [0.25, 0.3) is 0 Å². The molecule has 0 aliphatic carbocycles. The van der Waals surface area contributed by atoms with Crippen LogP contribution in [-0.4, -0.2) is 54.0 Å². The van der Waals surface area contributed by atoms with Crippen LogP contribution in [0.5, 0.6) is 11.8 Å². The number of anilines is 1. The van der Waals surface area contributed by atoms with Gasteiger partial charge in [-0.05, 0) is 20.8 Å². The molecule has 0 aromatic carbocycles. The Labute approximate surface area is 176 Å². The number of ether oxygens (including phenoxy) is 3. The summed E-state index contributed by atoms with van der Waals surface area (Å²) in [5.41, 5.74) is 0.569. The highest BCUT2D eigenvalue weighted by Crippen LogP contribution is 2.23. The summed E-state index contributed by atoms with van der Waals surface area (Å²) in [5.74, 6) is -1.03. The predicted octanol–water partition coefficient (Wildman–Crippen LogP) is 3.37. The van der Waals surface area contributed by atoms with Crippen molar-refractivity contribution in [3.8, 4) is 11.8 Å². The smallest absolute Gasteiger partial charge is 0.311 e. The fraction of sp³-hybridized carbons (Fsp3) is 0.474. The summed E-state index contributed by atoms with van der Waals surface area (Å²) in [6.45, 7) is 3.42. The second-order valence-electron chi connectivity index (χ2n) is 6.33. The van der Waals surface area contributed by atoms with Crippen LogP contribution in [0.15, 0.2) is 17.5 Å². The van der Waals surface area contributed by atoms with Crippen LogP contribution < -0.4 is 14.8 Å². The molecule has 0 unspecified atom stereocenters. The summed E-state index contributed by atoms with van der Waals surface area (Å²) < 4.78 is 41.1. The number of esters is 1. The summed E-state index contributed by atoms with van der Waals surface area (Å²) in [6, 6.07) is 2.64. The van der Waals surface area contributed by atoms with Crippen molar-refractivity contribution in [2.45, 2.75) is 39.4 Å². The Morgan fingerprint density at radius 3 is 2.40 bits per heavy atom. The van der Waals surface area contributed by atoms with E-state index in [0.717, 1.165) is 11.3 Å². The maximum absolute atomic E-state index is 12.8. The van der Waals surface area contributed by atoms with Gasteiger partial charge in [-0.3, -0.25) is 14.9 Å². The van der Waals surface area contributed by atoms with E-state index in [0.29, 0.717) is 5.69 Å². The average molecular weight is 443 g/mol. The molecular weight excluding hydrogens is 420 g/mol. The van der Waals surface area contributed by atoms with Gasteiger partial charge in [-0.25, -0.2) is 13.8 Å². The molecule has 1 amide bonds. The van der Waals surface area contributed by atoms with E-state index in [1.54, 1.807) is 26.2 Å². The second kappa shape index (κ2) is 11.4. The Kier molecular flexibility index (Phi) is 8.90. The lowest BCUT2D eigenvalue weighted by Crippen LogP contribution is -2.22. The number of carbonyl (C=O) groups is 2. The molecule has 2 aromatic heterocycles. The summed E-state index contributed by atoms with van der Waals surface area (Å²) in [7, 11) is 0. The summed E-state index contributed by atoms with van der Waals surface area (Å²) in [4.78, 5) is 32.4. The van der Waals surface area contributed by atoms with Gasteiger partial charge in [0.15, 0.2) is 11.2 Å². The van der Waals surface area contributed by atoms with Gasteiger partial charge in [-0.1, -0.05) is 0 Å². The van der Waals surface area contributed by atoms with Crippen molar-refractivity contribution < 1.29 is 32.6 Å². The Bertz CT molecular complexity index is 858. The van der Waals surface area contributed by atoms with Crippen molar-refractivity contribution in [3.05, 3.63) is 28.8 Å². The molecule has 0 saturated heterocycles. The molecule has 0 aliphatic heterocycles. The Morgan fingerprint density at radius 2 is 1.80 bits per heavy atom.